The summed E-state index contributed by atoms with van der Waals surface area (Å²) in [4.78, 5) is 42.2. The van der Waals surface area contributed by atoms with Gasteiger partial charge in [0.2, 0.25) is 12.0 Å². The lowest BCUT2D eigenvalue weighted by Crippen LogP contribution is -2.60. The van der Waals surface area contributed by atoms with Crippen molar-refractivity contribution in [3.8, 4) is 0 Å². The van der Waals surface area contributed by atoms with Crippen LogP contribution in [0.5, 0.6) is 0 Å². The van der Waals surface area contributed by atoms with E-state index in [9.17, 15) is 9.59 Å². The standard InChI is InChI=1S/C18H25N5O4/c1-12-9-14(27-21-12)17(25)22-7-4-18(5-8-22)16-13(19-11-20-16)3-6-23(18)15(24)10-26-2/h11,14H,3-10H2,1-2H3,(H,19,20)/t14-/m1/s1. The van der Waals surface area contributed by atoms with Gasteiger partial charge >= 0.3 is 0 Å². The molecule has 146 valence electrons. The minimum absolute atomic E-state index is 0.0294. The molecule has 1 fully saturated rings. The summed E-state index contributed by atoms with van der Waals surface area (Å²) in [6.45, 7) is 3.65. The van der Waals surface area contributed by atoms with E-state index in [1.807, 2.05) is 16.7 Å². The molecule has 0 bridgehead atoms. The molecule has 0 unspecified atom stereocenters. The highest BCUT2D eigenvalue weighted by molar-refractivity contribution is 5.91. The van der Waals surface area contributed by atoms with Crippen LogP contribution in [-0.4, -0.2) is 76.7 Å². The monoisotopic (exact) mass is 375 g/mol. The molecular formula is C18H25N5O4. The third-order valence-electron chi connectivity index (χ3n) is 5.82. The summed E-state index contributed by atoms with van der Waals surface area (Å²) in [5, 5.41) is 3.88. The van der Waals surface area contributed by atoms with E-state index in [2.05, 4.69) is 15.1 Å². The average molecular weight is 375 g/mol. The van der Waals surface area contributed by atoms with Crippen LogP contribution in [0, 0.1) is 0 Å². The van der Waals surface area contributed by atoms with Crippen molar-refractivity contribution < 1.29 is 19.2 Å². The summed E-state index contributed by atoms with van der Waals surface area (Å²) in [6.07, 6.45) is 3.78. The van der Waals surface area contributed by atoms with Crippen molar-refractivity contribution in [3.05, 3.63) is 17.7 Å². The molecule has 1 saturated heterocycles. The molecule has 1 atom stereocenters. The fourth-order valence-electron chi connectivity index (χ4n) is 4.48. The van der Waals surface area contributed by atoms with Crippen LogP contribution in [0.25, 0.3) is 0 Å². The number of H-pyrrole nitrogens is 1. The molecule has 2 amide bonds. The van der Waals surface area contributed by atoms with Gasteiger partial charge in [-0.1, -0.05) is 5.16 Å². The van der Waals surface area contributed by atoms with Crippen molar-refractivity contribution in [2.24, 2.45) is 5.16 Å². The smallest absolute Gasteiger partial charge is 0.266 e. The van der Waals surface area contributed by atoms with Crippen LogP contribution in [-0.2, 0) is 31.1 Å². The van der Waals surface area contributed by atoms with E-state index >= 15 is 0 Å². The maximum atomic E-state index is 12.7. The maximum Gasteiger partial charge on any atom is 0.266 e. The number of nitrogens with one attached hydrogen (secondary N) is 1. The molecule has 1 aromatic rings. The number of hydrogen-bond donors (Lipinski definition) is 1. The molecule has 0 aliphatic carbocycles. The lowest BCUT2D eigenvalue weighted by Gasteiger charge is -2.50. The van der Waals surface area contributed by atoms with Crippen molar-refractivity contribution >= 4 is 17.5 Å². The van der Waals surface area contributed by atoms with E-state index in [0.717, 1.165) is 23.5 Å². The zero-order chi connectivity index (χ0) is 19.0. The van der Waals surface area contributed by atoms with Crippen LogP contribution in [0.1, 0.15) is 37.6 Å². The van der Waals surface area contributed by atoms with Crippen LogP contribution in [0.4, 0.5) is 0 Å². The lowest BCUT2D eigenvalue weighted by molar-refractivity contribution is -0.151. The topological polar surface area (TPSA) is 100 Å². The first-order chi connectivity index (χ1) is 13.0. The van der Waals surface area contributed by atoms with Crippen molar-refractivity contribution in [2.45, 2.75) is 44.2 Å². The summed E-state index contributed by atoms with van der Waals surface area (Å²) >= 11 is 0. The molecule has 0 saturated carbocycles. The van der Waals surface area contributed by atoms with Crippen LogP contribution in [0.15, 0.2) is 11.5 Å². The van der Waals surface area contributed by atoms with E-state index in [0.29, 0.717) is 38.9 Å². The quantitative estimate of drug-likeness (QED) is 0.825. The Morgan fingerprint density at radius 2 is 2.15 bits per heavy atom. The van der Waals surface area contributed by atoms with Gasteiger partial charge in [-0.3, -0.25) is 9.59 Å². The number of oxime groups is 1. The summed E-state index contributed by atoms with van der Waals surface area (Å²) in [5.74, 6) is -0.0626. The Bertz CT molecular complexity index is 766. The Morgan fingerprint density at radius 1 is 1.37 bits per heavy atom. The first kappa shape index (κ1) is 18.0. The molecule has 4 heterocycles. The largest absolute Gasteiger partial charge is 0.382 e. The molecule has 0 aromatic carbocycles. The summed E-state index contributed by atoms with van der Waals surface area (Å²) in [5.41, 5.74) is 2.37. The highest BCUT2D eigenvalue weighted by Gasteiger charge is 2.49. The van der Waals surface area contributed by atoms with Gasteiger partial charge in [-0.25, -0.2) is 4.98 Å². The lowest BCUT2D eigenvalue weighted by atomic mass is 9.78. The van der Waals surface area contributed by atoms with E-state index in [1.54, 1.807) is 6.33 Å². The molecular weight excluding hydrogens is 350 g/mol. The van der Waals surface area contributed by atoms with Gasteiger partial charge < -0.3 is 24.4 Å². The summed E-state index contributed by atoms with van der Waals surface area (Å²) in [7, 11) is 1.53. The molecule has 3 aliphatic rings. The zero-order valence-electron chi connectivity index (χ0n) is 15.7. The highest BCUT2D eigenvalue weighted by atomic mass is 16.6. The number of aromatic amines is 1. The minimum atomic E-state index is -0.516. The summed E-state index contributed by atoms with van der Waals surface area (Å²) in [6, 6.07) is 0. The van der Waals surface area contributed by atoms with Crippen molar-refractivity contribution in [3.63, 3.8) is 0 Å². The number of fused-ring (bicyclic) bond motifs is 2. The molecule has 4 rings (SSSR count). The number of carbonyl (C=O) groups is 2. The third kappa shape index (κ3) is 2.99. The zero-order valence-corrected chi connectivity index (χ0v) is 15.7. The number of aromatic nitrogens is 2. The first-order valence-electron chi connectivity index (χ1n) is 9.35. The van der Waals surface area contributed by atoms with E-state index in [-0.39, 0.29) is 18.4 Å². The van der Waals surface area contributed by atoms with Gasteiger partial charge in [-0.2, -0.15) is 0 Å². The Kier molecular flexibility index (Phi) is 4.63. The molecule has 1 N–H and O–H groups in total. The first-order valence-corrected chi connectivity index (χ1v) is 9.35. The van der Waals surface area contributed by atoms with E-state index in [1.165, 1.54) is 7.11 Å². The second-order valence-electron chi connectivity index (χ2n) is 7.44. The number of methoxy groups -OCH3 is 1. The number of carbonyl (C=O) groups excluding carboxylic acids is 2. The third-order valence-corrected chi connectivity index (χ3v) is 5.82. The minimum Gasteiger partial charge on any atom is -0.382 e. The van der Waals surface area contributed by atoms with Crippen molar-refractivity contribution in [1.29, 1.82) is 0 Å². The van der Waals surface area contributed by atoms with Crippen LogP contribution in [0.2, 0.25) is 0 Å². The second kappa shape index (κ2) is 6.95. The normalized spacial score (nSPS) is 23.8. The molecule has 9 nitrogen and oxygen atoms in total. The molecule has 9 heteroatoms. The number of likely N-dealkylation sites (tertiary alicyclic amines) is 1. The maximum absolute atomic E-state index is 12.7. The molecule has 0 radical (unpaired) electrons. The molecule has 1 spiro atoms. The number of piperidine rings is 1. The van der Waals surface area contributed by atoms with E-state index < -0.39 is 11.6 Å². The summed E-state index contributed by atoms with van der Waals surface area (Å²) < 4.78 is 5.08. The number of hydrogen-bond acceptors (Lipinski definition) is 6. The number of nitrogens with zero attached hydrogens (tertiary/aromatic N) is 4. The SMILES string of the molecule is COCC(=O)N1CCc2[nH]cnc2C12CCN(C(=O)[C@H]1CC(C)=NO1)CC2. The highest BCUT2D eigenvalue weighted by Crippen LogP contribution is 2.42. The Balaban J connectivity index is 1.53. The van der Waals surface area contributed by atoms with Gasteiger partial charge in [-0.05, 0) is 19.8 Å². The fraction of sp³-hybridized carbons (Fsp3) is 0.667. The van der Waals surface area contributed by atoms with Crippen molar-refractivity contribution in [1.82, 2.24) is 19.8 Å². The number of imidazole rings is 1. The van der Waals surface area contributed by atoms with E-state index in [4.69, 9.17) is 9.57 Å². The van der Waals surface area contributed by atoms with Gasteiger partial charge in [0.15, 0.2) is 0 Å². The van der Waals surface area contributed by atoms with Gasteiger partial charge in [0.25, 0.3) is 5.91 Å². The predicted molar refractivity (Wildman–Crippen MR) is 96.0 cm³/mol. The van der Waals surface area contributed by atoms with Gasteiger partial charge in [0.1, 0.15) is 6.61 Å². The Labute approximate surface area is 157 Å². The van der Waals surface area contributed by atoms with Gasteiger partial charge in [0, 0.05) is 45.3 Å². The predicted octanol–water partition coefficient (Wildman–Crippen LogP) is 0.423. The fourth-order valence-corrected chi connectivity index (χ4v) is 4.48. The van der Waals surface area contributed by atoms with Gasteiger partial charge in [-0.15, -0.1) is 0 Å². The second-order valence-corrected chi connectivity index (χ2v) is 7.44. The average Bonchev–Trinajstić information content (AvgIpc) is 3.32. The molecule has 3 aliphatic heterocycles. The molecule has 27 heavy (non-hydrogen) atoms. The molecule has 1 aromatic heterocycles. The van der Waals surface area contributed by atoms with Gasteiger partial charge in [0.05, 0.1) is 23.3 Å². The van der Waals surface area contributed by atoms with Crippen LogP contribution in [0.3, 0.4) is 0 Å². The number of amides is 2. The van der Waals surface area contributed by atoms with Crippen molar-refractivity contribution in [2.75, 3.05) is 33.4 Å². The van der Waals surface area contributed by atoms with Crippen LogP contribution >= 0.6 is 0 Å². The Morgan fingerprint density at radius 3 is 2.81 bits per heavy atom. The van der Waals surface area contributed by atoms with Crippen LogP contribution < -0.4 is 0 Å². The number of rotatable bonds is 3. The Hall–Kier alpha value is -2.42. The number of ether oxygens (including phenoxy) is 1.